The lowest BCUT2D eigenvalue weighted by Gasteiger charge is -2.19. The largest absolute Gasteiger partial charge is 0.454 e. The summed E-state index contributed by atoms with van der Waals surface area (Å²) in [7, 11) is 1.69. The third kappa shape index (κ3) is 4.13. The van der Waals surface area contributed by atoms with E-state index in [0.29, 0.717) is 34.9 Å². The van der Waals surface area contributed by atoms with E-state index in [2.05, 4.69) is 15.6 Å². The third-order valence-corrected chi connectivity index (χ3v) is 6.06. The summed E-state index contributed by atoms with van der Waals surface area (Å²) in [5, 5.41) is 5.27. The molecule has 2 amide bonds. The number of pyridine rings is 1. The molecule has 1 aliphatic rings. The van der Waals surface area contributed by atoms with Gasteiger partial charge in [-0.25, -0.2) is 14.1 Å². The molecule has 0 atom stereocenters. The molecule has 36 heavy (non-hydrogen) atoms. The van der Waals surface area contributed by atoms with Crippen LogP contribution in [-0.4, -0.2) is 26.2 Å². The van der Waals surface area contributed by atoms with Crippen LogP contribution in [0.25, 0.3) is 5.69 Å². The van der Waals surface area contributed by atoms with Crippen molar-refractivity contribution in [2.45, 2.75) is 19.8 Å². The normalized spacial score (nSPS) is 12.6. The topological polar surface area (TPSA) is 107 Å². The van der Waals surface area contributed by atoms with Crippen LogP contribution in [0.5, 0.6) is 11.5 Å². The van der Waals surface area contributed by atoms with Crippen LogP contribution in [-0.2, 0) is 18.3 Å². The number of nitrogens with zero attached hydrogens (tertiary/aromatic N) is 3. The summed E-state index contributed by atoms with van der Waals surface area (Å²) in [6.07, 6.45) is 2.18. The number of halogens is 1. The molecule has 0 unspecified atom stereocenters. The first kappa shape index (κ1) is 23.0. The summed E-state index contributed by atoms with van der Waals surface area (Å²) in [5.41, 5.74) is 1.43. The molecule has 4 aromatic rings. The van der Waals surface area contributed by atoms with Crippen LogP contribution in [0.3, 0.4) is 0 Å². The van der Waals surface area contributed by atoms with Crippen LogP contribution < -0.4 is 20.9 Å². The lowest BCUT2D eigenvalue weighted by Crippen LogP contribution is -2.25. The molecule has 0 aliphatic carbocycles. The smallest absolute Gasteiger partial charge is 0.284 e. The van der Waals surface area contributed by atoms with E-state index < -0.39 is 17.3 Å². The number of carbonyl (C=O) groups excluding carboxylic acids is 2. The van der Waals surface area contributed by atoms with Crippen molar-refractivity contribution in [3.8, 4) is 17.2 Å². The standard InChI is InChI=1S/C26H22FN5O4/c1-15-23(26(35)32(31(15)2)17-6-4-3-5-7-17)25(34)29-16-8-10-21(19(27)14-16)36-20-12-13-28-24-18(20)9-11-22(33)30-24/h3-8,10,12-14H,9,11H2,1-2H3,(H,29,34)(H,28,30,33). The zero-order chi connectivity index (χ0) is 25.4. The fourth-order valence-corrected chi connectivity index (χ4v) is 4.16. The van der Waals surface area contributed by atoms with Crippen LogP contribution in [0.15, 0.2) is 65.6 Å². The summed E-state index contributed by atoms with van der Waals surface area (Å²) < 4.78 is 23.7. The second-order valence-electron chi connectivity index (χ2n) is 8.32. The molecule has 2 aromatic carbocycles. The molecule has 2 N–H and O–H groups in total. The van der Waals surface area contributed by atoms with Gasteiger partial charge in [0, 0.05) is 37.0 Å². The van der Waals surface area contributed by atoms with Crippen molar-refractivity contribution in [3.05, 3.63) is 93.8 Å². The highest BCUT2D eigenvalue weighted by Gasteiger charge is 2.23. The van der Waals surface area contributed by atoms with Gasteiger partial charge in [-0.05, 0) is 43.7 Å². The molecule has 0 spiro atoms. The Balaban J connectivity index is 1.38. The Morgan fingerprint density at radius 2 is 1.86 bits per heavy atom. The second kappa shape index (κ2) is 9.14. The minimum absolute atomic E-state index is 0.0347. The van der Waals surface area contributed by atoms with Gasteiger partial charge in [0.25, 0.3) is 11.5 Å². The highest BCUT2D eigenvalue weighted by Crippen LogP contribution is 2.34. The maximum absolute atomic E-state index is 14.9. The first-order chi connectivity index (χ1) is 17.3. The van der Waals surface area contributed by atoms with Gasteiger partial charge in [-0.15, -0.1) is 0 Å². The Morgan fingerprint density at radius 1 is 1.08 bits per heavy atom. The molecule has 0 saturated carbocycles. The van der Waals surface area contributed by atoms with E-state index in [1.54, 1.807) is 49.0 Å². The van der Waals surface area contributed by atoms with E-state index in [-0.39, 0.29) is 29.3 Å². The van der Waals surface area contributed by atoms with Crippen molar-refractivity contribution >= 4 is 23.3 Å². The van der Waals surface area contributed by atoms with Crippen LogP contribution >= 0.6 is 0 Å². The number of para-hydroxylation sites is 1. The Hall–Kier alpha value is -4.73. The quantitative estimate of drug-likeness (QED) is 0.443. The number of ether oxygens (including phenoxy) is 1. The predicted octanol–water partition coefficient (Wildman–Crippen LogP) is 3.95. The molecule has 0 saturated heterocycles. The van der Waals surface area contributed by atoms with Crippen LogP contribution in [0.1, 0.15) is 28.0 Å². The molecule has 182 valence electrons. The van der Waals surface area contributed by atoms with Crippen LogP contribution in [0.2, 0.25) is 0 Å². The first-order valence-electron chi connectivity index (χ1n) is 11.2. The fourth-order valence-electron chi connectivity index (χ4n) is 4.16. The summed E-state index contributed by atoms with van der Waals surface area (Å²) in [5.74, 6) is -0.757. The van der Waals surface area contributed by atoms with Gasteiger partial charge in [0.1, 0.15) is 17.1 Å². The van der Waals surface area contributed by atoms with E-state index in [9.17, 15) is 18.8 Å². The molecular formula is C26H22FN5O4. The maximum Gasteiger partial charge on any atom is 0.284 e. The molecule has 5 rings (SSSR count). The number of hydrogen-bond donors (Lipinski definition) is 2. The third-order valence-electron chi connectivity index (χ3n) is 6.06. The molecule has 0 fully saturated rings. The van der Waals surface area contributed by atoms with E-state index in [0.717, 1.165) is 6.07 Å². The SMILES string of the molecule is Cc1c(C(=O)Nc2ccc(Oc3ccnc4c3CCC(=O)N4)c(F)c2)c(=O)n(-c2ccccc2)n1C. The Morgan fingerprint density at radius 3 is 2.61 bits per heavy atom. The van der Waals surface area contributed by atoms with Crippen LogP contribution in [0, 0.1) is 12.7 Å². The number of hydrogen-bond acceptors (Lipinski definition) is 5. The average Bonchev–Trinajstić information content (AvgIpc) is 3.09. The van der Waals surface area contributed by atoms with E-state index in [1.807, 2.05) is 6.07 Å². The number of amides is 2. The zero-order valence-electron chi connectivity index (χ0n) is 19.5. The highest BCUT2D eigenvalue weighted by atomic mass is 19.1. The first-order valence-corrected chi connectivity index (χ1v) is 11.2. The van der Waals surface area contributed by atoms with E-state index in [4.69, 9.17) is 4.74 Å². The van der Waals surface area contributed by atoms with Gasteiger partial charge in [-0.3, -0.25) is 19.1 Å². The fraction of sp³-hybridized carbons (Fsp3) is 0.154. The summed E-state index contributed by atoms with van der Waals surface area (Å²) in [6.45, 7) is 1.67. The van der Waals surface area contributed by atoms with Gasteiger partial charge in [-0.2, -0.15) is 0 Å². The van der Waals surface area contributed by atoms with Crippen molar-refractivity contribution in [2.24, 2.45) is 7.05 Å². The number of fused-ring (bicyclic) bond motifs is 1. The number of anilines is 2. The Bertz CT molecular complexity index is 1560. The summed E-state index contributed by atoms with van der Waals surface area (Å²) in [6, 6.07) is 14.6. The number of carbonyl (C=O) groups is 2. The van der Waals surface area contributed by atoms with Crippen molar-refractivity contribution in [2.75, 3.05) is 10.6 Å². The molecule has 1 aliphatic heterocycles. The molecule has 0 bridgehead atoms. The molecular weight excluding hydrogens is 465 g/mol. The molecule has 0 radical (unpaired) electrons. The molecule has 9 nitrogen and oxygen atoms in total. The minimum Gasteiger partial charge on any atom is -0.454 e. The molecule has 2 aromatic heterocycles. The van der Waals surface area contributed by atoms with Crippen molar-refractivity contribution in [3.63, 3.8) is 0 Å². The molecule has 10 heteroatoms. The van der Waals surface area contributed by atoms with Gasteiger partial charge >= 0.3 is 0 Å². The van der Waals surface area contributed by atoms with Gasteiger partial charge in [0.05, 0.1) is 11.4 Å². The monoisotopic (exact) mass is 487 g/mol. The van der Waals surface area contributed by atoms with Crippen molar-refractivity contribution in [1.29, 1.82) is 0 Å². The molecule has 3 heterocycles. The number of rotatable bonds is 5. The van der Waals surface area contributed by atoms with Crippen molar-refractivity contribution < 1.29 is 18.7 Å². The Kier molecular flexibility index (Phi) is 5.85. The lowest BCUT2D eigenvalue weighted by molar-refractivity contribution is -0.116. The summed E-state index contributed by atoms with van der Waals surface area (Å²) >= 11 is 0. The Labute approximate surface area is 205 Å². The number of benzene rings is 2. The highest BCUT2D eigenvalue weighted by molar-refractivity contribution is 6.05. The second-order valence-corrected chi connectivity index (χ2v) is 8.32. The van der Waals surface area contributed by atoms with Crippen LogP contribution in [0.4, 0.5) is 15.9 Å². The maximum atomic E-state index is 14.9. The zero-order valence-corrected chi connectivity index (χ0v) is 19.5. The number of nitrogens with one attached hydrogen (secondary N) is 2. The summed E-state index contributed by atoms with van der Waals surface area (Å²) in [4.78, 5) is 41.8. The van der Waals surface area contributed by atoms with Gasteiger partial charge < -0.3 is 15.4 Å². The van der Waals surface area contributed by atoms with Gasteiger partial charge in [0.15, 0.2) is 11.6 Å². The predicted molar refractivity (Wildman–Crippen MR) is 131 cm³/mol. The average molecular weight is 487 g/mol. The lowest BCUT2D eigenvalue weighted by atomic mass is 10.1. The number of aromatic nitrogens is 3. The van der Waals surface area contributed by atoms with E-state index >= 15 is 0 Å². The minimum atomic E-state index is -0.704. The van der Waals surface area contributed by atoms with Gasteiger partial charge in [-0.1, -0.05) is 18.2 Å². The van der Waals surface area contributed by atoms with Crippen molar-refractivity contribution in [1.82, 2.24) is 14.3 Å². The van der Waals surface area contributed by atoms with Gasteiger partial charge in [0.2, 0.25) is 5.91 Å². The van der Waals surface area contributed by atoms with E-state index in [1.165, 1.54) is 23.0 Å².